The largest absolute Gasteiger partial charge is 0.469 e. The van der Waals surface area contributed by atoms with Crippen LogP contribution < -0.4 is 4.72 Å². The minimum absolute atomic E-state index is 0.0752. The number of hydrogen-bond acceptors (Lipinski definition) is 6. The maximum Gasteiger partial charge on any atom is 0.305 e. The van der Waals surface area contributed by atoms with Crippen molar-refractivity contribution in [1.29, 1.82) is 0 Å². The zero-order valence-electron chi connectivity index (χ0n) is 18.0. The molecule has 2 heterocycles. The number of sulfonamides is 1. The number of halogens is 1. The van der Waals surface area contributed by atoms with E-state index in [2.05, 4.69) is 31.5 Å². The molecular weight excluding hydrogens is 450 g/mol. The van der Waals surface area contributed by atoms with Gasteiger partial charge in [0, 0.05) is 49.0 Å². The Kier molecular flexibility index (Phi) is 8.81. The Bertz CT molecular complexity index is 1010. The van der Waals surface area contributed by atoms with E-state index in [0.29, 0.717) is 37.4 Å². The Hall–Kier alpha value is -2.26. The molecule has 0 bridgehead atoms. The molecule has 1 aromatic carbocycles. The lowest BCUT2D eigenvalue weighted by Gasteiger charge is -2.21. The third-order valence-electron chi connectivity index (χ3n) is 5.34. The average Bonchev–Trinajstić information content (AvgIpc) is 3.14. The number of hydrogen-bond donors (Lipinski definition) is 1. The monoisotopic (exact) mass is 477 g/mol. The van der Waals surface area contributed by atoms with Crippen molar-refractivity contribution in [3.8, 4) is 0 Å². The van der Waals surface area contributed by atoms with Crippen molar-refractivity contribution in [3.05, 3.63) is 71.5 Å². The van der Waals surface area contributed by atoms with Crippen LogP contribution in [0.25, 0.3) is 0 Å². The van der Waals surface area contributed by atoms with Crippen LogP contribution in [0, 0.1) is 0 Å². The highest BCUT2D eigenvalue weighted by molar-refractivity contribution is 7.89. The van der Waals surface area contributed by atoms with Crippen LogP contribution in [0.5, 0.6) is 0 Å². The molecule has 2 aromatic rings. The van der Waals surface area contributed by atoms with Gasteiger partial charge < -0.3 is 4.74 Å². The lowest BCUT2D eigenvalue weighted by atomic mass is 10.1. The van der Waals surface area contributed by atoms with Gasteiger partial charge in [-0.1, -0.05) is 29.8 Å². The van der Waals surface area contributed by atoms with Crippen LogP contribution in [0.3, 0.4) is 0 Å². The molecule has 1 aromatic heterocycles. The fourth-order valence-electron chi connectivity index (χ4n) is 3.75. The van der Waals surface area contributed by atoms with Crippen LogP contribution in [0.1, 0.15) is 31.2 Å². The van der Waals surface area contributed by atoms with Gasteiger partial charge in [0.2, 0.25) is 10.0 Å². The fraction of sp³-hybridized carbons (Fsp3) is 0.391. The van der Waals surface area contributed by atoms with Crippen LogP contribution in [-0.4, -0.2) is 50.0 Å². The summed E-state index contributed by atoms with van der Waals surface area (Å²) in [5, 5.41) is 0.491. The smallest absolute Gasteiger partial charge is 0.305 e. The van der Waals surface area contributed by atoms with E-state index in [-0.39, 0.29) is 22.9 Å². The van der Waals surface area contributed by atoms with Gasteiger partial charge in [-0.05, 0) is 55.2 Å². The summed E-state index contributed by atoms with van der Waals surface area (Å²) in [6.45, 7) is 1.25. The van der Waals surface area contributed by atoms with Crippen molar-refractivity contribution >= 4 is 27.6 Å². The van der Waals surface area contributed by atoms with Gasteiger partial charge >= 0.3 is 5.97 Å². The summed E-state index contributed by atoms with van der Waals surface area (Å²) in [7, 11) is -2.26. The average molecular weight is 478 g/mol. The number of carbonyl (C=O) groups excluding carboxylic acids is 1. The molecular formula is C23H28ClN3O4S. The quantitative estimate of drug-likeness (QED) is 0.320. The number of methoxy groups -OCH3 is 1. The molecule has 1 fully saturated rings. The van der Waals surface area contributed by atoms with Crippen LogP contribution in [0.15, 0.2) is 65.8 Å². The zero-order valence-corrected chi connectivity index (χ0v) is 19.6. The number of nitrogens with one attached hydrogen (secondary N) is 1. The molecule has 2 atom stereocenters. The van der Waals surface area contributed by atoms with Crippen molar-refractivity contribution in [1.82, 2.24) is 14.6 Å². The van der Waals surface area contributed by atoms with Gasteiger partial charge in [0.15, 0.2) is 0 Å². The summed E-state index contributed by atoms with van der Waals surface area (Å²) >= 11 is 5.88. The second kappa shape index (κ2) is 11.6. The molecule has 1 aliphatic rings. The number of rotatable bonds is 10. The number of ether oxygens (including phenoxy) is 1. The van der Waals surface area contributed by atoms with E-state index in [1.165, 1.54) is 19.2 Å². The van der Waals surface area contributed by atoms with Crippen molar-refractivity contribution in [2.75, 3.05) is 13.7 Å². The zero-order chi connectivity index (χ0) is 23.0. The Morgan fingerprint density at radius 3 is 2.78 bits per heavy atom. The first kappa shape index (κ1) is 24.4. The maximum atomic E-state index is 12.8. The van der Waals surface area contributed by atoms with Gasteiger partial charge in [0.1, 0.15) is 0 Å². The number of esters is 1. The molecule has 1 N–H and O–H groups in total. The van der Waals surface area contributed by atoms with Crippen molar-refractivity contribution in [2.24, 2.45) is 0 Å². The highest BCUT2D eigenvalue weighted by atomic mass is 35.5. The molecule has 0 aliphatic carbocycles. The second-order valence-corrected chi connectivity index (χ2v) is 9.91. The predicted molar refractivity (Wildman–Crippen MR) is 124 cm³/mol. The second-order valence-electron chi connectivity index (χ2n) is 7.76. The standard InChI is InChI=1S/C23H28ClN3O4S/c1-31-23(28)8-4-2-3-7-21-14-20(17-27(21)16-18-6-5-13-25-15-18)26-32(29,30)22-11-9-19(24)10-12-22/h3,5-7,9-13,15,20-21,26H,2,4,8,14,16-17H2,1H3/t20-,21-/m1/s1. The molecule has 1 aliphatic heterocycles. The maximum absolute atomic E-state index is 12.8. The van der Waals surface area contributed by atoms with E-state index in [9.17, 15) is 13.2 Å². The predicted octanol–water partition coefficient (Wildman–Crippen LogP) is 3.56. The first-order chi connectivity index (χ1) is 15.4. The Labute approximate surface area is 194 Å². The summed E-state index contributed by atoms with van der Waals surface area (Å²) in [4.78, 5) is 17.9. The lowest BCUT2D eigenvalue weighted by Crippen LogP contribution is -2.37. The Morgan fingerprint density at radius 1 is 1.31 bits per heavy atom. The van der Waals surface area contributed by atoms with Crippen LogP contribution in [0.2, 0.25) is 5.02 Å². The van der Waals surface area contributed by atoms with Crippen molar-refractivity contribution in [2.45, 2.75) is 49.2 Å². The minimum atomic E-state index is -3.64. The number of pyridine rings is 1. The van der Waals surface area contributed by atoms with Gasteiger partial charge in [-0.3, -0.25) is 14.7 Å². The van der Waals surface area contributed by atoms with E-state index >= 15 is 0 Å². The number of unbranched alkanes of at least 4 members (excludes halogenated alkanes) is 1. The van der Waals surface area contributed by atoms with E-state index in [4.69, 9.17) is 11.6 Å². The highest BCUT2D eigenvalue weighted by Gasteiger charge is 2.33. The molecule has 0 unspecified atom stereocenters. The van der Waals surface area contributed by atoms with Gasteiger partial charge in [-0.2, -0.15) is 0 Å². The first-order valence-electron chi connectivity index (χ1n) is 10.5. The third-order valence-corrected chi connectivity index (χ3v) is 7.13. The topological polar surface area (TPSA) is 88.6 Å². The molecule has 0 amide bonds. The SMILES string of the molecule is COC(=O)CCCC=C[C@@H]1C[C@@H](NS(=O)(=O)c2ccc(Cl)cc2)CN1Cc1cccnc1. The first-order valence-corrected chi connectivity index (χ1v) is 12.4. The molecule has 9 heteroatoms. The number of benzene rings is 1. The molecule has 0 spiro atoms. The van der Waals surface area contributed by atoms with Gasteiger partial charge in [0.25, 0.3) is 0 Å². The van der Waals surface area contributed by atoms with E-state index in [0.717, 1.165) is 12.0 Å². The molecule has 7 nitrogen and oxygen atoms in total. The van der Waals surface area contributed by atoms with Gasteiger partial charge in [0.05, 0.1) is 12.0 Å². The fourth-order valence-corrected chi connectivity index (χ4v) is 5.11. The minimum Gasteiger partial charge on any atom is -0.469 e. The van der Waals surface area contributed by atoms with E-state index in [1.54, 1.807) is 18.3 Å². The number of nitrogens with zero attached hydrogens (tertiary/aromatic N) is 2. The van der Waals surface area contributed by atoms with Crippen LogP contribution in [0.4, 0.5) is 0 Å². The number of carbonyl (C=O) groups is 1. The van der Waals surface area contributed by atoms with E-state index in [1.807, 2.05) is 18.3 Å². The Balaban J connectivity index is 1.66. The molecule has 3 rings (SSSR count). The summed E-state index contributed by atoms with van der Waals surface area (Å²) < 4.78 is 33.1. The molecule has 1 saturated heterocycles. The van der Waals surface area contributed by atoms with Gasteiger partial charge in [-0.25, -0.2) is 13.1 Å². The number of aromatic nitrogens is 1. The normalized spacial score (nSPS) is 19.4. The number of likely N-dealkylation sites (tertiary alicyclic amines) is 1. The Morgan fingerprint density at radius 2 is 2.09 bits per heavy atom. The van der Waals surface area contributed by atoms with Gasteiger partial charge in [-0.15, -0.1) is 0 Å². The van der Waals surface area contributed by atoms with Crippen LogP contribution in [-0.2, 0) is 26.1 Å². The summed E-state index contributed by atoms with van der Waals surface area (Å²) in [5.41, 5.74) is 1.07. The van der Waals surface area contributed by atoms with Crippen LogP contribution >= 0.6 is 11.6 Å². The van der Waals surface area contributed by atoms with Crippen molar-refractivity contribution < 1.29 is 17.9 Å². The molecule has 0 saturated carbocycles. The molecule has 172 valence electrons. The number of allylic oxidation sites excluding steroid dienone is 1. The van der Waals surface area contributed by atoms with Crippen molar-refractivity contribution in [3.63, 3.8) is 0 Å². The summed E-state index contributed by atoms with van der Waals surface area (Å²) in [6.07, 6.45) is 10.2. The molecule has 0 radical (unpaired) electrons. The third kappa shape index (κ3) is 7.13. The highest BCUT2D eigenvalue weighted by Crippen LogP contribution is 2.24. The molecule has 32 heavy (non-hydrogen) atoms. The van der Waals surface area contributed by atoms with E-state index < -0.39 is 10.0 Å². The summed E-state index contributed by atoms with van der Waals surface area (Å²) in [5.74, 6) is -0.214. The lowest BCUT2D eigenvalue weighted by molar-refractivity contribution is -0.140. The summed E-state index contributed by atoms with van der Waals surface area (Å²) in [6, 6.07) is 9.90.